The number of rotatable bonds is 0. The summed E-state index contributed by atoms with van der Waals surface area (Å²) >= 11 is 0. The molecule has 8 heavy (non-hydrogen) atoms. The van der Waals surface area contributed by atoms with E-state index < -0.39 is 0 Å². The molecule has 0 radical (unpaired) electrons. The van der Waals surface area contributed by atoms with Crippen LogP contribution in [0.5, 0.6) is 0 Å². The summed E-state index contributed by atoms with van der Waals surface area (Å²) in [5, 5.41) is 3.77. The molecule has 1 aliphatic rings. The Hall–Kier alpha value is -0.990. The Balaban J connectivity index is 2.58. The van der Waals surface area contributed by atoms with E-state index in [4.69, 9.17) is 5.73 Å². The molecule has 0 saturated carbocycles. The molecule has 0 aromatic heterocycles. The summed E-state index contributed by atoms with van der Waals surface area (Å²) in [6, 6.07) is 0.322. The van der Waals surface area contributed by atoms with E-state index in [2.05, 4.69) is 10.5 Å². The number of hydrogen-bond donors (Lipinski definition) is 2. The maximum Gasteiger partial charge on any atom is 0.142 e. The Labute approximate surface area is 48.3 Å². The van der Waals surface area contributed by atoms with Gasteiger partial charge < -0.3 is 11.2 Å². The first-order valence-electron chi connectivity index (χ1n) is 2.56. The number of nitrogens with one attached hydrogen (secondary N) is 1. The summed E-state index contributed by atoms with van der Waals surface area (Å²) in [5.74, 6) is 0.545. The molecule has 3 heteroatoms. The van der Waals surface area contributed by atoms with Crippen LogP contribution in [-0.4, -0.2) is 11.9 Å². The molecule has 0 aromatic rings. The number of nitrogens with zero attached hydrogens (tertiary/aromatic N) is 1. The van der Waals surface area contributed by atoms with E-state index in [1.165, 1.54) is 0 Å². The molecule has 0 saturated heterocycles. The first kappa shape index (κ1) is 5.15. The summed E-state index contributed by atoms with van der Waals surface area (Å²) in [5.41, 5.74) is 8.11. The standard InChI is InChI=1S/C5H9N3/c1-4-2-3-5(6)8-7-4/h2-4,7H,1H3,(H2,6,8)/t4-/m1/s1. The lowest BCUT2D eigenvalue weighted by Gasteiger charge is -2.09. The fourth-order valence-corrected chi connectivity index (χ4v) is 0.500. The van der Waals surface area contributed by atoms with Crippen LogP contribution in [0.25, 0.3) is 0 Å². The molecule has 0 fully saturated rings. The van der Waals surface area contributed by atoms with Crippen molar-refractivity contribution in [2.24, 2.45) is 10.8 Å². The van der Waals surface area contributed by atoms with E-state index in [9.17, 15) is 0 Å². The molecular weight excluding hydrogens is 102 g/mol. The molecule has 0 aromatic carbocycles. The number of hydrogen-bond acceptors (Lipinski definition) is 3. The van der Waals surface area contributed by atoms with E-state index in [-0.39, 0.29) is 0 Å². The normalized spacial score (nSPS) is 26.6. The Morgan fingerprint density at radius 2 is 2.62 bits per heavy atom. The van der Waals surface area contributed by atoms with Crippen LogP contribution in [0.2, 0.25) is 0 Å². The smallest absolute Gasteiger partial charge is 0.142 e. The molecule has 0 bridgehead atoms. The van der Waals surface area contributed by atoms with Crippen LogP contribution in [0.3, 0.4) is 0 Å². The lowest BCUT2D eigenvalue weighted by molar-refractivity contribution is 0.663. The number of amidine groups is 1. The predicted molar refractivity (Wildman–Crippen MR) is 33.4 cm³/mol. The van der Waals surface area contributed by atoms with Crippen LogP contribution in [-0.2, 0) is 0 Å². The van der Waals surface area contributed by atoms with Crippen molar-refractivity contribution < 1.29 is 0 Å². The van der Waals surface area contributed by atoms with Gasteiger partial charge in [-0.1, -0.05) is 6.08 Å². The topological polar surface area (TPSA) is 50.4 Å². The van der Waals surface area contributed by atoms with E-state index in [1.807, 2.05) is 13.0 Å². The highest BCUT2D eigenvalue weighted by Crippen LogP contribution is 1.89. The molecule has 1 aliphatic heterocycles. The highest BCUT2D eigenvalue weighted by atomic mass is 15.3. The third-order valence-electron chi connectivity index (χ3n) is 0.953. The van der Waals surface area contributed by atoms with Gasteiger partial charge in [0.2, 0.25) is 0 Å². The van der Waals surface area contributed by atoms with Crippen molar-refractivity contribution in [2.45, 2.75) is 13.0 Å². The third kappa shape index (κ3) is 0.992. The number of nitrogens with two attached hydrogens (primary N) is 1. The van der Waals surface area contributed by atoms with Crippen molar-refractivity contribution in [3.05, 3.63) is 12.2 Å². The zero-order valence-electron chi connectivity index (χ0n) is 4.76. The molecule has 3 N–H and O–H groups in total. The van der Waals surface area contributed by atoms with Gasteiger partial charge in [0.15, 0.2) is 0 Å². The molecule has 1 rings (SSSR count). The largest absolute Gasteiger partial charge is 0.382 e. The van der Waals surface area contributed by atoms with E-state index in [0.29, 0.717) is 11.9 Å². The molecule has 0 amide bonds. The zero-order chi connectivity index (χ0) is 5.98. The average molecular weight is 111 g/mol. The lowest BCUT2D eigenvalue weighted by Crippen LogP contribution is -2.26. The van der Waals surface area contributed by atoms with E-state index in [0.717, 1.165) is 0 Å². The summed E-state index contributed by atoms with van der Waals surface area (Å²) < 4.78 is 0. The van der Waals surface area contributed by atoms with E-state index in [1.54, 1.807) is 6.08 Å². The van der Waals surface area contributed by atoms with Gasteiger partial charge in [-0.05, 0) is 13.0 Å². The fraction of sp³-hybridized carbons (Fsp3) is 0.400. The van der Waals surface area contributed by atoms with Gasteiger partial charge in [-0.25, -0.2) is 0 Å². The summed E-state index contributed by atoms with van der Waals surface area (Å²) in [4.78, 5) is 0. The molecule has 0 aliphatic carbocycles. The first-order valence-corrected chi connectivity index (χ1v) is 2.56. The molecule has 1 atom stereocenters. The van der Waals surface area contributed by atoms with Crippen LogP contribution >= 0.6 is 0 Å². The Kier molecular flexibility index (Phi) is 1.20. The van der Waals surface area contributed by atoms with Crippen LogP contribution < -0.4 is 11.2 Å². The van der Waals surface area contributed by atoms with Crippen molar-refractivity contribution in [3.63, 3.8) is 0 Å². The minimum Gasteiger partial charge on any atom is -0.382 e. The van der Waals surface area contributed by atoms with Gasteiger partial charge >= 0.3 is 0 Å². The Bertz CT molecular complexity index is 137. The Morgan fingerprint density at radius 1 is 1.88 bits per heavy atom. The summed E-state index contributed by atoms with van der Waals surface area (Å²) in [7, 11) is 0. The molecule has 0 spiro atoms. The molecule has 0 unspecified atom stereocenters. The van der Waals surface area contributed by atoms with Gasteiger partial charge in [-0.15, -0.1) is 0 Å². The van der Waals surface area contributed by atoms with Crippen LogP contribution in [0.4, 0.5) is 0 Å². The second-order valence-electron chi connectivity index (χ2n) is 1.81. The maximum absolute atomic E-state index is 5.30. The monoisotopic (exact) mass is 111 g/mol. The highest BCUT2D eigenvalue weighted by Gasteiger charge is 1.97. The lowest BCUT2D eigenvalue weighted by atomic mass is 10.3. The predicted octanol–water partition coefficient (Wildman–Crippen LogP) is -0.193. The van der Waals surface area contributed by atoms with Crippen LogP contribution in [0, 0.1) is 0 Å². The SMILES string of the molecule is C[C@@H]1C=CC(N)=NN1. The van der Waals surface area contributed by atoms with Gasteiger partial charge in [0.25, 0.3) is 0 Å². The minimum absolute atomic E-state index is 0.322. The van der Waals surface area contributed by atoms with Crippen molar-refractivity contribution in [2.75, 3.05) is 0 Å². The van der Waals surface area contributed by atoms with E-state index >= 15 is 0 Å². The van der Waals surface area contributed by atoms with Crippen LogP contribution in [0.1, 0.15) is 6.92 Å². The highest BCUT2D eigenvalue weighted by molar-refractivity contribution is 5.91. The maximum atomic E-state index is 5.30. The molecule has 1 heterocycles. The van der Waals surface area contributed by atoms with Gasteiger partial charge in [0.1, 0.15) is 5.84 Å². The third-order valence-corrected chi connectivity index (χ3v) is 0.953. The first-order chi connectivity index (χ1) is 3.79. The number of hydrazone groups is 1. The van der Waals surface area contributed by atoms with Gasteiger partial charge in [-0.2, -0.15) is 5.10 Å². The average Bonchev–Trinajstić information content (AvgIpc) is 1.77. The molecule has 44 valence electrons. The van der Waals surface area contributed by atoms with Gasteiger partial charge in [-0.3, -0.25) is 0 Å². The quantitative estimate of drug-likeness (QED) is 0.455. The van der Waals surface area contributed by atoms with Gasteiger partial charge in [0, 0.05) is 0 Å². The molecular formula is C5H9N3. The zero-order valence-corrected chi connectivity index (χ0v) is 4.76. The van der Waals surface area contributed by atoms with Crippen molar-refractivity contribution >= 4 is 5.84 Å². The van der Waals surface area contributed by atoms with Crippen LogP contribution in [0.15, 0.2) is 17.3 Å². The van der Waals surface area contributed by atoms with Crippen molar-refractivity contribution in [1.82, 2.24) is 5.43 Å². The second kappa shape index (κ2) is 1.86. The van der Waals surface area contributed by atoms with Gasteiger partial charge in [0.05, 0.1) is 6.04 Å². The summed E-state index contributed by atoms with van der Waals surface area (Å²) in [6.07, 6.45) is 3.75. The fourth-order valence-electron chi connectivity index (χ4n) is 0.500. The second-order valence-corrected chi connectivity index (χ2v) is 1.81. The molecule has 3 nitrogen and oxygen atoms in total. The summed E-state index contributed by atoms with van der Waals surface area (Å²) in [6.45, 7) is 2.01. The van der Waals surface area contributed by atoms with Crippen molar-refractivity contribution in [3.8, 4) is 0 Å². The Morgan fingerprint density at radius 3 is 3.00 bits per heavy atom. The minimum atomic E-state index is 0.322. The van der Waals surface area contributed by atoms with Crippen molar-refractivity contribution in [1.29, 1.82) is 0 Å².